The predicted octanol–water partition coefficient (Wildman–Crippen LogP) is 3.65. The van der Waals surface area contributed by atoms with Crippen LogP contribution >= 0.6 is 23.2 Å². The fraction of sp³-hybridized carbons (Fsp3) is 0.214. The van der Waals surface area contributed by atoms with Crippen LogP contribution in [0.2, 0.25) is 10.2 Å². The lowest BCUT2D eigenvalue weighted by Gasteiger charge is -2.13. The van der Waals surface area contributed by atoms with Crippen molar-refractivity contribution in [1.29, 1.82) is 0 Å². The number of halogens is 2. The van der Waals surface area contributed by atoms with E-state index in [1.54, 1.807) is 6.07 Å². The minimum Gasteiger partial charge on any atom is -0.496 e. The molecule has 0 bridgehead atoms. The SMILES string of the molecule is COc1cc2c(c(OC)c1C=O)Cn1c-2cc(Cl)c1Cl. The Bertz CT molecular complexity index is 722. The van der Waals surface area contributed by atoms with Gasteiger partial charge in [-0.25, -0.2) is 0 Å². The highest BCUT2D eigenvalue weighted by Gasteiger charge is 2.29. The predicted molar refractivity (Wildman–Crippen MR) is 77.5 cm³/mol. The molecule has 0 saturated carbocycles. The number of benzene rings is 1. The number of carbonyl (C=O) groups excluding carboxylic acids is 1. The van der Waals surface area contributed by atoms with Gasteiger partial charge in [-0.1, -0.05) is 23.2 Å². The van der Waals surface area contributed by atoms with E-state index in [0.717, 1.165) is 23.1 Å². The molecular weight excluding hydrogens is 301 g/mol. The van der Waals surface area contributed by atoms with Crippen LogP contribution in [0, 0.1) is 0 Å². The Balaban J connectivity index is 2.32. The summed E-state index contributed by atoms with van der Waals surface area (Å²) in [5.41, 5.74) is 3.12. The highest BCUT2D eigenvalue weighted by atomic mass is 35.5. The molecule has 2 aromatic rings. The monoisotopic (exact) mass is 311 g/mol. The Kier molecular flexibility index (Phi) is 3.15. The Morgan fingerprint density at radius 1 is 1.25 bits per heavy atom. The van der Waals surface area contributed by atoms with E-state index < -0.39 is 0 Å². The summed E-state index contributed by atoms with van der Waals surface area (Å²) in [4.78, 5) is 11.3. The van der Waals surface area contributed by atoms with Gasteiger partial charge in [0.1, 0.15) is 16.7 Å². The van der Waals surface area contributed by atoms with Crippen molar-refractivity contribution in [3.05, 3.63) is 33.4 Å². The van der Waals surface area contributed by atoms with Crippen LogP contribution in [0.4, 0.5) is 0 Å². The fourth-order valence-corrected chi connectivity index (χ4v) is 3.03. The lowest BCUT2D eigenvalue weighted by Crippen LogP contribution is -2.01. The summed E-state index contributed by atoms with van der Waals surface area (Å²) in [6.07, 6.45) is 0.736. The van der Waals surface area contributed by atoms with Crippen molar-refractivity contribution in [3.8, 4) is 22.8 Å². The van der Waals surface area contributed by atoms with E-state index in [0.29, 0.717) is 33.8 Å². The van der Waals surface area contributed by atoms with Crippen LogP contribution in [0.1, 0.15) is 15.9 Å². The van der Waals surface area contributed by atoms with Gasteiger partial charge in [0.2, 0.25) is 0 Å². The molecule has 0 spiro atoms. The Morgan fingerprint density at radius 2 is 2.00 bits per heavy atom. The zero-order valence-corrected chi connectivity index (χ0v) is 12.4. The quantitative estimate of drug-likeness (QED) is 0.693. The molecule has 0 N–H and O–H groups in total. The van der Waals surface area contributed by atoms with E-state index in [2.05, 4.69) is 0 Å². The summed E-state index contributed by atoms with van der Waals surface area (Å²) in [6, 6.07) is 3.61. The topological polar surface area (TPSA) is 40.5 Å². The lowest BCUT2D eigenvalue weighted by atomic mass is 10.0. The molecule has 2 heterocycles. The maximum absolute atomic E-state index is 11.3. The Labute approximate surface area is 125 Å². The molecule has 104 valence electrons. The van der Waals surface area contributed by atoms with Crippen molar-refractivity contribution < 1.29 is 14.3 Å². The number of aromatic nitrogens is 1. The van der Waals surface area contributed by atoms with E-state index in [1.807, 2.05) is 10.6 Å². The van der Waals surface area contributed by atoms with E-state index >= 15 is 0 Å². The number of hydrogen-bond acceptors (Lipinski definition) is 3. The molecular formula is C14H11Cl2NO3. The minimum absolute atomic E-state index is 0.404. The maximum atomic E-state index is 11.3. The summed E-state index contributed by atoms with van der Waals surface area (Å²) in [5, 5.41) is 0.983. The van der Waals surface area contributed by atoms with Gasteiger partial charge in [0.05, 0.1) is 37.0 Å². The highest BCUT2D eigenvalue weighted by molar-refractivity contribution is 6.42. The number of aldehydes is 1. The van der Waals surface area contributed by atoms with Crippen molar-refractivity contribution in [3.63, 3.8) is 0 Å². The zero-order chi connectivity index (χ0) is 14.4. The Hall–Kier alpha value is -1.65. The standard InChI is InChI=1S/C14H11Cl2NO3/c1-19-12-3-7-8(13(20-2)9(12)6-18)5-17-11(7)4-10(15)14(17)16/h3-4,6H,5H2,1-2H3. The molecule has 0 atom stereocenters. The molecule has 0 fully saturated rings. The first-order valence-electron chi connectivity index (χ1n) is 5.90. The highest BCUT2D eigenvalue weighted by Crippen LogP contribution is 2.46. The summed E-state index contributed by atoms with van der Waals surface area (Å²) in [7, 11) is 3.05. The molecule has 0 saturated heterocycles. The van der Waals surface area contributed by atoms with Crippen LogP contribution in [0.3, 0.4) is 0 Å². The van der Waals surface area contributed by atoms with E-state index in [1.165, 1.54) is 14.2 Å². The number of ether oxygens (including phenoxy) is 2. The second-order valence-corrected chi connectivity index (χ2v) is 5.19. The largest absolute Gasteiger partial charge is 0.496 e. The van der Waals surface area contributed by atoms with Crippen LogP contribution in [0.5, 0.6) is 11.5 Å². The lowest BCUT2D eigenvalue weighted by molar-refractivity contribution is 0.111. The second kappa shape index (κ2) is 4.72. The van der Waals surface area contributed by atoms with Crippen LogP contribution in [0.15, 0.2) is 12.1 Å². The molecule has 0 radical (unpaired) electrons. The maximum Gasteiger partial charge on any atom is 0.157 e. The molecule has 4 nitrogen and oxygen atoms in total. The number of nitrogens with zero attached hydrogens (tertiary/aromatic N) is 1. The average molecular weight is 312 g/mol. The summed E-state index contributed by atoms with van der Waals surface area (Å²) < 4.78 is 12.5. The first-order chi connectivity index (χ1) is 9.62. The van der Waals surface area contributed by atoms with E-state index in [-0.39, 0.29) is 0 Å². The third-order valence-corrected chi connectivity index (χ3v) is 4.30. The smallest absolute Gasteiger partial charge is 0.157 e. The van der Waals surface area contributed by atoms with Gasteiger partial charge in [-0.2, -0.15) is 0 Å². The van der Waals surface area contributed by atoms with Crippen molar-refractivity contribution in [2.45, 2.75) is 6.54 Å². The molecule has 1 aromatic heterocycles. The third kappa shape index (κ3) is 1.65. The second-order valence-electron chi connectivity index (χ2n) is 4.42. The Morgan fingerprint density at radius 3 is 2.60 bits per heavy atom. The summed E-state index contributed by atoms with van der Waals surface area (Å²) >= 11 is 12.2. The van der Waals surface area contributed by atoms with E-state index in [9.17, 15) is 4.79 Å². The van der Waals surface area contributed by atoms with E-state index in [4.69, 9.17) is 32.7 Å². The molecule has 1 aliphatic rings. The van der Waals surface area contributed by atoms with Gasteiger partial charge >= 0.3 is 0 Å². The number of carbonyl (C=O) groups is 1. The van der Waals surface area contributed by atoms with Crippen molar-refractivity contribution in [2.75, 3.05) is 14.2 Å². The molecule has 0 unspecified atom stereocenters. The molecule has 0 amide bonds. The van der Waals surface area contributed by atoms with Gasteiger partial charge in [0, 0.05) is 11.1 Å². The number of methoxy groups -OCH3 is 2. The summed E-state index contributed by atoms with van der Waals surface area (Å²) in [5.74, 6) is 0.989. The fourth-order valence-electron chi connectivity index (χ4n) is 2.62. The first-order valence-corrected chi connectivity index (χ1v) is 6.65. The first kappa shape index (κ1) is 13.3. The van der Waals surface area contributed by atoms with Crippen LogP contribution < -0.4 is 9.47 Å². The van der Waals surface area contributed by atoms with Gasteiger partial charge in [-0.05, 0) is 12.1 Å². The molecule has 20 heavy (non-hydrogen) atoms. The molecule has 0 aliphatic carbocycles. The minimum atomic E-state index is 0.404. The van der Waals surface area contributed by atoms with Crippen molar-refractivity contribution >= 4 is 29.5 Å². The molecule has 1 aromatic carbocycles. The van der Waals surface area contributed by atoms with Gasteiger partial charge in [-0.15, -0.1) is 0 Å². The molecule has 1 aliphatic heterocycles. The number of rotatable bonds is 3. The molecule has 3 rings (SSSR count). The average Bonchev–Trinajstić information content (AvgIpc) is 2.94. The van der Waals surface area contributed by atoms with Crippen LogP contribution in [-0.2, 0) is 6.54 Å². The van der Waals surface area contributed by atoms with Crippen LogP contribution in [0.25, 0.3) is 11.3 Å². The van der Waals surface area contributed by atoms with Gasteiger partial charge in [-0.3, -0.25) is 4.79 Å². The van der Waals surface area contributed by atoms with Gasteiger partial charge in [0.25, 0.3) is 0 Å². The number of fused-ring (bicyclic) bond motifs is 3. The van der Waals surface area contributed by atoms with Crippen LogP contribution in [-0.4, -0.2) is 25.1 Å². The molecule has 6 heteroatoms. The zero-order valence-electron chi connectivity index (χ0n) is 10.9. The van der Waals surface area contributed by atoms with Crippen molar-refractivity contribution in [2.24, 2.45) is 0 Å². The van der Waals surface area contributed by atoms with Crippen molar-refractivity contribution in [1.82, 2.24) is 4.57 Å². The normalized spacial score (nSPS) is 12.0. The van der Waals surface area contributed by atoms with Gasteiger partial charge in [0.15, 0.2) is 6.29 Å². The van der Waals surface area contributed by atoms with Gasteiger partial charge < -0.3 is 14.0 Å². The number of hydrogen-bond donors (Lipinski definition) is 0. The third-order valence-electron chi connectivity index (χ3n) is 3.51. The summed E-state index contributed by atoms with van der Waals surface area (Å²) in [6.45, 7) is 0.518.